The second-order valence-corrected chi connectivity index (χ2v) is 4.71. The summed E-state index contributed by atoms with van der Waals surface area (Å²) < 4.78 is 5.34. The van der Waals surface area contributed by atoms with Gasteiger partial charge in [0.2, 0.25) is 0 Å². The molecule has 1 fully saturated rings. The molecular weight excluding hydrogens is 242 g/mol. The van der Waals surface area contributed by atoms with Crippen molar-refractivity contribution in [1.82, 2.24) is 9.88 Å². The molecule has 1 aliphatic heterocycles. The Labute approximate surface area is 114 Å². The molecule has 0 spiro atoms. The number of carbonyl (C=O) groups is 1. The van der Waals surface area contributed by atoms with Crippen molar-refractivity contribution in [2.24, 2.45) is 0 Å². The van der Waals surface area contributed by atoms with Crippen molar-refractivity contribution < 1.29 is 9.53 Å². The third-order valence-electron chi connectivity index (χ3n) is 3.37. The van der Waals surface area contributed by atoms with E-state index in [4.69, 9.17) is 4.74 Å². The van der Waals surface area contributed by atoms with E-state index in [-0.39, 0.29) is 12.0 Å². The molecule has 1 atom stereocenters. The minimum atomic E-state index is 0.0392. The molecule has 1 aliphatic rings. The van der Waals surface area contributed by atoms with Crippen molar-refractivity contribution in [3.05, 3.63) is 23.9 Å². The van der Waals surface area contributed by atoms with Crippen LogP contribution in [0.5, 0.6) is 0 Å². The summed E-state index contributed by atoms with van der Waals surface area (Å²) in [6.45, 7) is 4.30. The molecule has 1 aromatic heterocycles. The van der Waals surface area contributed by atoms with Crippen LogP contribution >= 0.6 is 0 Å². The molecule has 0 aromatic carbocycles. The number of rotatable bonds is 4. The molecule has 0 aliphatic carbocycles. The van der Waals surface area contributed by atoms with Crippen molar-refractivity contribution in [2.45, 2.75) is 25.9 Å². The molecule has 1 amide bonds. The number of methoxy groups -OCH3 is 1. The van der Waals surface area contributed by atoms with Crippen molar-refractivity contribution >= 4 is 11.7 Å². The van der Waals surface area contributed by atoms with Gasteiger partial charge in [0.05, 0.1) is 11.7 Å². The maximum atomic E-state index is 12.3. The zero-order chi connectivity index (χ0) is 13.7. The smallest absolute Gasteiger partial charge is 0.255 e. The van der Waals surface area contributed by atoms with Gasteiger partial charge in [-0.25, -0.2) is 4.98 Å². The van der Waals surface area contributed by atoms with Crippen LogP contribution in [-0.2, 0) is 4.74 Å². The first-order valence-corrected chi connectivity index (χ1v) is 6.76. The molecule has 5 heteroatoms. The highest BCUT2D eigenvalue weighted by Crippen LogP contribution is 2.16. The number of likely N-dealkylation sites (tertiary alicyclic amines) is 1. The monoisotopic (exact) mass is 263 g/mol. The van der Waals surface area contributed by atoms with Crippen LogP contribution in [0.15, 0.2) is 18.3 Å². The SMILES string of the molecule is CCNc1ccc(C(=O)N2CCCC(OC)C2)cn1. The van der Waals surface area contributed by atoms with E-state index >= 15 is 0 Å². The summed E-state index contributed by atoms with van der Waals surface area (Å²) in [5.41, 5.74) is 0.637. The van der Waals surface area contributed by atoms with Crippen molar-refractivity contribution in [2.75, 3.05) is 32.1 Å². The van der Waals surface area contributed by atoms with Gasteiger partial charge in [-0.3, -0.25) is 4.79 Å². The summed E-state index contributed by atoms with van der Waals surface area (Å²) in [7, 11) is 1.70. The number of ether oxygens (including phenoxy) is 1. The lowest BCUT2D eigenvalue weighted by molar-refractivity contribution is 0.0268. The van der Waals surface area contributed by atoms with Gasteiger partial charge in [-0.15, -0.1) is 0 Å². The number of carbonyl (C=O) groups excluding carboxylic acids is 1. The maximum Gasteiger partial charge on any atom is 0.255 e. The number of anilines is 1. The molecule has 1 aromatic rings. The van der Waals surface area contributed by atoms with E-state index in [9.17, 15) is 4.79 Å². The zero-order valence-corrected chi connectivity index (χ0v) is 11.6. The van der Waals surface area contributed by atoms with Crippen LogP contribution in [0.4, 0.5) is 5.82 Å². The van der Waals surface area contributed by atoms with Crippen LogP contribution in [0, 0.1) is 0 Å². The summed E-state index contributed by atoms with van der Waals surface area (Å²) in [6.07, 6.45) is 3.81. The summed E-state index contributed by atoms with van der Waals surface area (Å²) >= 11 is 0. The molecule has 0 radical (unpaired) electrons. The predicted molar refractivity (Wildman–Crippen MR) is 74.3 cm³/mol. The van der Waals surface area contributed by atoms with Crippen LogP contribution in [0.3, 0.4) is 0 Å². The molecule has 1 saturated heterocycles. The highest BCUT2D eigenvalue weighted by atomic mass is 16.5. The fourth-order valence-electron chi connectivity index (χ4n) is 2.30. The standard InChI is InChI=1S/C14H21N3O2/c1-3-15-13-7-6-11(9-16-13)14(18)17-8-4-5-12(10-17)19-2/h6-7,9,12H,3-5,8,10H2,1-2H3,(H,15,16). The molecule has 2 rings (SSSR count). The van der Waals surface area contributed by atoms with E-state index in [2.05, 4.69) is 10.3 Å². The second-order valence-electron chi connectivity index (χ2n) is 4.71. The predicted octanol–water partition coefficient (Wildman–Crippen LogP) is 1.76. The maximum absolute atomic E-state index is 12.3. The Morgan fingerprint density at radius 1 is 1.58 bits per heavy atom. The van der Waals surface area contributed by atoms with E-state index in [1.807, 2.05) is 24.0 Å². The largest absolute Gasteiger partial charge is 0.380 e. The van der Waals surface area contributed by atoms with E-state index in [0.717, 1.165) is 31.7 Å². The second kappa shape index (κ2) is 6.52. The third-order valence-corrected chi connectivity index (χ3v) is 3.37. The number of aromatic nitrogens is 1. The Hall–Kier alpha value is -1.62. The number of pyridine rings is 1. The van der Waals surface area contributed by atoms with Gasteiger partial charge in [0, 0.05) is 32.9 Å². The molecule has 19 heavy (non-hydrogen) atoms. The fourth-order valence-corrected chi connectivity index (χ4v) is 2.30. The average Bonchev–Trinajstić information content (AvgIpc) is 2.48. The summed E-state index contributed by atoms with van der Waals surface area (Å²) in [5, 5.41) is 3.11. The minimum Gasteiger partial charge on any atom is -0.380 e. The van der Waals surface area contributed by atoms with Gasteiger partial charge in [0.1, 0.15) is 5.82 Å². The normalized spacial score (nSPS) is 19.3. The summed E-state index contributed by atoms with van der Waals surface area (Å²) in [5.74, 6) is 0.838. The van der Waals surface area contributed by atoms with E-state index < -0.39 is 0 Å². The summed E-state index contributed by atoms with van der Waals surface area (Å²) in [4.78, 5) is 18.4. The number of nitrogens with one attached hydrogen (secondary N) is 1. The van der Waals surface area contributed by atoms with Crippen LogP contribution in [0.2, 0.25) is 0 Å². The molecule has 1 unspecified atom stereocenters. The van der Waals surface area contributed by atoms with Crippen LogP contribution in [-0.4, -0.2) is 48.6 Å². The van der Waals surface area contributed by atoms with Gasteiger partial charge in [0.15, 0.2) is 0 Å². The van der Waals surface area contributed by atoms with E-state index in [0.29, 0.717) is 12.1 Å². The zero-order valence-electron chi connectivity index (χ0n) is 11.6. The lowest BCUT2D eigenvalue weighted by Crippen LogP contribution is -2.42. The van der Waals surface area contributed by atoms with Gasteiger partial charge in [-0.05, 0) is 31.9 Å². The highest BCUT2D eigenvalue weighted by Gasteiger charge is 2.24. The van der Waals surface area contributed by atoms with Gasteiger partial charge in [-0.1, -0.05) is 0 Å². The fraction of sp³-hybridized carbons (Fsp3) is 0.571. The average molecular weight is 263 g/mol. The number of piperidine rings is 1. The van der Waals surface area contributed by atoms with Crippen LogP contribution in [0.25, 0.3) is 0 Å². The van der Waals surface area contributed by atoms with E-state index in [1.54, 1.807) is 13.3 Å². The Morgan fingerprint density at radius 2 is 2.42 bits per heavy atom. The Bertz CT molecular complexity index is 419. The molecule has 5 nitrogen and oxygen atoms in total. The Kier molecular flexibility index (Phi) is 4.74. The molecular formula is C14H21N3O2. The number of nitrogens with zero attached hydrogens (tertiary/aromatic N) is 2. The van der Waals surface area contributed by atoms with Crippen molar-refractivity contribution in [3.8, 4) is 0 Å². The quantitative estimate of drug-likeness (QED) is 0.899. The van der Waals surface area contributed by atoms with Crippen LogP contribution in [0.1, 0.15) is 30.1 Å². The topological polar surface area (TPSA) is 54.5 Å². The highest BCUT2D eigenvalue weighted by molar-refractivity contribution is 5.94. The minimum absolute atomic E-state index is 0.0392. The molecule has 104 valence electrons. The molecule has 0 bridgehead atoms. The summed E-state index contributed by atoms with van der Waals surface area (Å²) in [6, 6.07) is 3.66. The first-order valence-electron chi connectivity index (χ1n) is 6.76. The molecule has 1 N–H and O–H groups in total. The number of amides is 1. The molecule has 2 heterocycles. The number of hydrogen-bond donors (Lipinski definition) is 1. The first kappa shape index (κ1) is 13.8. The third kappa shape index (κ3) is 3.44. The van der Waals surface area contributed by atoms with E-state index in [1.165, 1.54) is 0 Å². The first-order chi connectivity index (χ1) is 9.24. The van der Waals surface area contributed by atoms with Gasteiger partial charge >= 0.3 is 0 Å². The Morgan fingerprint density at radius 3 is 3.05 bits per heavy atom. The van der Waals surface area contributed by atoms with Crippen molar-refractivity contribution in [1.29, 1.82) is 0 Å². The van der Waals surface area contributed by atoms with Gasteiger partial charge in [-0.2, -0.15) is 0 Å². The lowest BCUT2D eigenvalue weighted by Gasteiger charge is -2.31. The lowest BCUT2D eigenvalue weighted by atomic mass is 10.1. The van der Waals surface area contributed by atoms with Gasteiger partial charge in [0.25, 0.3) is 5.91 Å². The van der Waals surface area contributed by atoms with Gasteiger partial charge < -0.3 is 15.0 Å². The number of hydrogen-bond acceptors (Lipinski definition) is 4. The Balaban J connectivity index is 2.02. The molecule has 0 saturated carbocycles. The van der Waals surface area contributed by atoms with Crippen molar-refractivity contribution in [3.63, 3.8) is 0 Å². The van der Waals surface area contributed by atoms with Crippen LogP contribution < -0.4 is 5.32 Å².